The predicted octanol–water partition coefficient (Wildman–Crippen LogP) is 0.508. The number of rotatable bonds is 2. The van der Waals surface area contributed by atoms with Crippen LogP contribution in [0.5, 0.6) is 0 Å². The van der Waals surface area contributed by atoms with E-state index in [1.807, 2.05) is 7.05 Å². The van der Waals surface area contributed by atoms with Crippen molar-refractivity contribution in [2.24, 2.45) is 7.05 Å². The van der Waals surface area contributed by atoms with E-state index in [0.717, 1.165) is 0 Å². The maximum atomic E-state index is 10.6. The highest BCUT2D eigenvalue weighted by Crippen LogP contribution is 2.14. The van der Waals surface area contributed by atoms with Crippen molar-refractivity contribution in [2.75, 3.05) is 0 Å². The molecule has 0 aromatic carbocycles. The van der Waals surface area contributed by atoms with Crippen LogP contribution in [0.15, 0.2) is 18.5 Å². The molecule has 2 aromatic heterocycles. The second-order valence-corrected chi connectivity index (χ2v) is 2.83. The van der Waals surface area contributed by atoms with Crippen LogP contribution >= 0.6 is 0 Å². The van der Waals surface area contributed by atoms with E-state index < -0.39 is 5.97 Å². The molecule has 0 atom stereocenters. The fraction of sp³-hybridized carbons (Fsp3) is 0.125. The van der Waals surface area contributed by atoms with Gasteiger partial charge in [0.05, 0.1) is 0 Å². The number of carboxylic acid groups (broad SMARTS) is 1. The van der Waals surface area contributed by atoms with E-state index in [0.29, 0.717) is 11.5 Å². The Morgan fingerprint density at radius 3 is 2.93 bits per heavy atom. The van der Waals surface area contributed by atoms with Gasteiger partial charge in [-0.05, 0) is 0 Å². The smallest absolute Gasteiger partial charge is 0.353 e. The van der Waals surface area contributed by atoms with Gasteiger partial charge in [-0.15, -0.1) is 0 Å². The summed E-state index contributed by atoms with van der Waals surface area (Å²) in [6.07, 6.45) is 3.40. The molecule has 0 spiro atoms. The number of nitrogens with zero attached hydrogens (tertiary/aromatic N) is 3. The van der Waals surface area contributed by atoms with Crippen molar-refractivity contribution in [1.29, 1.82) is 0 Å². The number of aromatic carboxylic acids is 1. The number of hydrogen-bond donors (Lipinski definition) is 2. The van der Waals surface area contributed by atoms with E-state index in [2.05, 4.69) is 15.2 Å². The van der Waals surface area contributed by atoms with Crippen molar-refractivity contribution in [3.63, 3.8) is 0 Å². The van der Waals surface area contributed by atoms with Crippen LogP contribution in [0.1, 0.15) is 10.5 Å². The Morgan fingerprint density at radius 2 is 2.43 bits per heavy atom. The van der Waals surface area contributed by atoms with Crippen LogP contribution in [0, 0.1) is 0 Å². The average molecular weight is 192 g/mol. The van der Waals surface area contributed by atoms with Gasteiger partial charge in [0, 0.05) is 25.5 Å². The molecular weight excluding hydrogens is 184 g/mol. The van der Waals surface area contributed by atoms with Gasteiger partial charge in [0.1, 0.15) is 11.4 Å². The summed E-state index contributed by atoms with van der Waals surface area (Å²) in [7, 11) is 1.82. The maximum Gasteiger partial charge on any atom is 0.353 e. The second kappa shape index (κ2) is 2.99. The Bertz CT molecular complexity index is 471. The summed E-state index contributed by atoms with van der Waals surface area (Å²) in [4.78, 5) is 14.6. The maximum absolute atomic E-state index is 10.6. The number of carboxylic acids is 1. The van der Waals surface area contributed by atoms with Gasteiger partial charge in [-0.2, -0.15) is 5.10 Å². The van der Waals surface area contributed by atoms with E-state index >= 15 is 0 Å². The minimum atomic E-state index is -1.03. The van der Waals surface area contributed by atoms with Crippen molar-refractivity contribution in [2.45, 2.75) is 0 Å². The van der Waals surface area contributed by atoms with Crippen LogP contribution in [-0.4, -0.2) is 30.8 Å². The minimum Gasteiger partial charge on any atom is -0.477 e. The molecule has 0 amide bonds. The normalized spacial score (nSPS) is 10.4. The largest absolute Gasteiger partial charge is 0.477 e. The summed E-state index contributed by atoms with van der Waals surface area (Å²) in [6, 6.07) is 1.45. The minimum absolute atomic E-state index is 0.0583. The molecule has 6 heteroatoms. The molecule has 6 nitrogen and oxygen atoms in total. The van der Waals surface area contributed by atoms with Crippen molar-refractivity contribution >= 4 is 5.97 Å². The quantitative estimate of drug-likeness (QED) is 0.726. The molecule has 0 bridgehead atoms. The number of imidazole rings is 1. The first-order valence-electron chi connectivity index (χ1n) is 3.95. The van der Waals surface area contributed by atoms with Crippen LogP contribution in [0.3, 0.4) is 0 Å². The lowest BCUT2D eigenvalue weighted by molar-refractivity contribution is 0.0690. The highest BCUT2D eigenvalue weighted by molar-refractivity contribution is 5.86. The molecule has 14 heavy (non-hydrogen) atoms. The first-order chi connectivity index (χ1) is 6.68. The number of hydrogen-bond acceptors (Lipinski definition) is 3. The Hall–Kier alpha value is -2.11. The fourth-order valence-corrected chi connectivity index (χ4v) is 1.16. The lowest BCUT2D eigenvalue weighted by Gasteiger charge is -1.94. The zero-order valence-electron chi connectivity index (χ0n) is 7.43. The molecule has 0 radical (unpaired) electrons. The van der Waals surface area contributed by atoms with Gasteiger partial charge < -0.3 is 9.67 Å². The number of aryl methyl sites for hydroxylation is 1. The second-order valence-electron chi connectivity index (χ2n) is 2.83. The van der Waals surface area contributed by atoms with E-state index in [1.54, 1.807) is 17.0 Å². The third-order valence-electron chi connectivity index (χ3n) is 1.86. The van der Waals surface area contributed by atoms with E-state index in [4.69, 9.17) is 5.11 Å². The Balaban J connectivity index is 2.43. The molecule has 72 valence electrons. The summed E-state index contributed by atoms with van der Waals surface area (Å²) in [5, 5.41) is 14.9. The third-order valence-corrected chi connectivity index (χ3v) is 1.86. The lowest BCUT2D eigenvalue weighted by Crippen LogP contribution is -1.95. The van der Waals surface area contributed by atoms with Gasteiger partial charge in [0.25, 0.3) is 0 Å². The zero-order valence-corrected chi connectivity index (χ0v) is 7.43. The van der Waals surface area contributed by atoms with Gasteiger partial charge in [-0.25, -0.2) is 9.78 Å². The molecule has 0 saturated heterocycles. The molecule has 0 fully saturated rings. The highest BCUT2D eigenvalue weighted by atomic mass is 16.4. The van der Waals surface area contributed by atoms with Gasteiger partial charge in [-0.1, -0.05) is 0 Å². The number of aromatic nitrogens is 4. The molecule has 2 N–H and O–H groups in total. The Morgan fingerprint density at radius 1 is 1.64 bits per heavy atom. The molecule has 0 unspecified atom stereocenters. The SMILES string of the molecule is Cn1ccnc1-c1cc(C(=O)O)[nH]n1. The zero-order chi connectivity index (χ0) is 10.1. The molecule has 2 aromatic rings. The van der Waals surface area contributed by atoms with Crippen LogP contribution in [0.4, 0.5) is 0 Å². The van der Waals surface area contributed by atoms with Crippen LogP contribution in [0.25, 0.3) is 11.5 Å². The summed E-state index contributed by atoms with van der Waals surface area (Å²) in [5.74, 6) is -0.397. The topological polar surface area (TPSA) is 83.8 Å². The molecule has 2 heterocycles. The number of H-pyrrole nitrogens is 1. The van der Waals surface area contributed by atoms with E-state index in [1.165, 1.54) is 6.07 Å². The average Bonchev–Trinajstić information content (AvgIpc) is 2.71. The molecular formula is C8H8N4O2. The summed E-state index contributed by atoms with van der Waals surface area (Å²) < 4.78 is 1.77. The Kier molecular flexibility index (Phi) is 1.81. The standard InChI is InChI=1S/C8H8N4O2/c1-12-3-2-9-7(12)5-4-6(8(13)14)11-10-5/h2-4H,1H3,(H,10,11)(H,13,14). The fourth-order valence-electron chi connectivity index (χ4n) is 1.16. The summed E-state index contributed by atoms with van der Waals surface area (Å²) in [6.45, 7) is 0. The van der Waals surface area contributed by atoms with Crippen molar-refractivity contribution in [3.05, 3.63) is 24.2 Å². The van der Waals surface area contributed by atoms with E-state index in [9.17, 15) is 4.79 Å². The third kappa shape index (κ3) is 1.26. The van der Waals surface area contributed by atoms with Crippen LogP contribution in [-0.2, 0) is 7.05 Å². The van der Waals surface area contributed by atoms with Crippen LogP contribution < -0.4 is 0 Å². The van der Waals surface area contributed by atoms with Crippen molar-refractivity contribution in [3.8, 4) is 11.5 Å². The molecule has 0 aliphatic heterocycles. The highest BCUT2D eigenvalue weighted by Gasteiger charge is 2.11. The number of aromatic amines is 1. The van der Waals surface area contributed by atoms with Gasteiger partial charge in [0.15, 0.2) is 5.82 Å². The molecule has 0 saturated carbocycles. The van der Waals surface area contributed by atoms with Gasteiger partial charge >= 0.3 is 5.97 Å². The van der Waals surface area contributed by atoms with Crippen molar-refractivity contribution in [1.82, 2.24) is 19.7 Å². The predicted molar refractivity (Wildman–Crippen MR) is 47.7 cm³/mol. The monoisotopic (exact) mass is 192 g/mol. The summed E-state index contributed by atoms with van der Waals surface area (Å²) in [5.41, 5.74) is 0.581. The lowest BCUT2D eigenvalue weighted by atomic mass is 10.3. The first-order valence-corrected chi connectivity index (χ1v) is 3.95. The van der Waals surface area contributed by atoms with Crippen LogP contribution in [0.2, 0.25) is 0 Å². The molecule has 0 aliphatic rings. The van der Waals surface area contributed by atoms with Gasteiger partial charge in [-0.3, -0.25) is 5.10 Å². The van der Waals surface area contributed by atoms with Crippen molar-refractivity contribution < 1.29 is 9.90 Å². The number of carbonyl (C=O) groups is 1. The number of nitrogens with one attached hydrogen (secondary N) is 1. The first kappa shape index (κ1) is 8.49. The molecule has 0 aliphatic carbocycles. The van der Waals surface area contributed by atoms with E-state index in [-0.39, 0.29) is 5.69 Å². The molecule has 2 rings (SSSR count). The Labute approximate surface area is 79.2 Å². The summed E-state index contributed by atoms with van der Waals surface area (Å²) >= 11 is 0. The van der Waals surface area contributed by atoms with Gasteiger partial charge in [0.2, 0.25) is 0 Å².